The summed E-state index contributed by atoms with van der Waals surface area (Å²) < 4.78 is 44.3. The first-order valence-electron chi connectivity index (χ1n) is 10.0. The van der Waals surface area contributed by atoms with E-state index in [1.54, 1.807) is 32.9 Å². The number of hydrogen-bond donors (Lipinski definition) is 1. The van der Waals surface area contributed by atoms with Gasteiger partial charge in [0.05, 0.1) is 6.42 Å². The van der Waals surface area contributed by atoms with Crippen molar-refractivity contribution in [3.8, 4) is 0 Å². The molecule has 0 aliphatic carbocycles. The van der Waals surface area contributed by atoms with E-state index in [1.807, 2.05) is 12.1 Å². The van der Waals surface area contributed by atoms with Gasteiger partial charge in [0.1, 0.15) is 11.1 Å². The third kappa shape index (κ3) is 9.58. The van der Waals surface area contributed by atoms with Gasteiger partial charge in [-0.2, -0.15) is 13.2 Å². The lowest BCUT2D eigenvalue weighted by molar-refractivity contribution is -0.179. The molecule has 0 fully saturated rings. The first-order chi connectivity index (χ1) is 12.8. The Bertz CT molecular complexity index is 606. The van der Waals surface area contributed by atoms with Gasteiger partial charge in [-0.25, -0.2) is 0 Å². The predicted octanol–water partition coefficient (Wildman–Crippen LogP) is 5.73. The summed E-state index contributed by atoms with van der Waals surface area (Å²) in [7, 11) is 0. The Labute approximate surface area is 166 Å². The highest BCUT2D eigenvalue weighted by atomic mass is 19.4. The fourth-order valence-electron chi connectivity index (χ4n) is 3.06. The van der Waals surface area contributed by atoms with E-state index in [0.29, 0.717) is 5.56 Å². The second-order valence-electron chi connectivity index (χ2n) is 8.61. The first-order valence-corrected chi connectivity index (χ1v) is 10.0. The highest BCUT2D eigenvalue weighted by Gasteiger charge is 2.47. The van der Waals surface area contributed by atoms with Gasteiger partial charge < -0.3 is 10.5 Å². The second-order valence-corrected chi connectivity index (χ2v) is 8.61. The summed E-state index contributed by atoms with van der Waals surface area (Å²) >= 11 is 0. The molecule has 0 aromatic heterocycles. The summed E-state index contributed by atoms with van der Waals surface area (Å²) in [4.78, 5) is 12.4. The largest absolute Gasteiger partial charge is 0.459 e. The number of nitrogens with two attached hydrogens (primary N) is 1. The van der Waals surface area contributed by atoms with E-state index in [1.165, 1.54) is 25.7 Å². The van der Waals surface area contributed by atoms with Crippen molar-refractivity contribution in [1.82, 2.24) is 0 Å². The minimum Gasteiger partial charge on any atom is -0.459 e. The lowest BCUT2D eigenvalue weighted by atomic mass is 9.87. The number of carbonyl (C=O) groups excluding carboxylic acids is 1. The molecular formula is C22H34F3NO2. The number of ether oxygens (including phenoxy) is 1. The molecule has 1 aromatic rings. The predicted molar refractivity (Wildman–Crippen MR) is 106 cm³/mol. The third-order valence-corrected chi connectivity index (χ3v) is 4.43. The van der Waals surface area contributed by atoms with Gasteiger partial charge in [-0.05, 0) is 44.7 Å². The number of aryl methyl sites for hydroxylation is 1. The molecule has 0 saturated heterocycles. The molecule has 0 aliphatic heterocycles. The van der Waals surface area contributed by atoms with Crippen LogP contribution in [0.1, 0.15) is 77.3 Å². The third-order valence-electron chi connectivity index (χ3n) is 4.43. The standard InChI is InChI=1S/C22H34F3NO2/c1-5-6-7-8-9-10-17-11-13-18(14-12-17)15-21(26,16-22(23,24)25)19(27)28-20(2,3)4/h11-14H,5-10,15-16,26H2,1-4H3/t21-/m0/s1. The number of carbonyl (C=O) groups is 1. The summed E-state index contributed by atoms with van der Waals surface area (Å²) in [6.45, 7) is 6.99. The monoisotopic (exact) mass is 401 g/mol. The number of unbranched alkanes of at least 4 members (excludes halogenated alkanes) is 4. The maximum atomic E-state index is 13.1. The van der Waals surface area contributed by atoms with E-state index in [2.05, 4.69) is 6.92 Å². The van der Waals surface area contributed by atoms with Crippen molar-refractivity contribution in [2.24, 2.45) is 5.73 Å². The van der Waals surface area contributed by atoms with E-state index in [4.69, 9.17) is 10.5 Å². The Balaban J connectivity index is 2.81. The fraction of sp³-hybridized carbons (Fsp3) is 0.682. The summed E-state index contributed by atoms with van der Waals surface area (Å²) in [6, 6.07) is 7.31. The molecule has 160 valence electrons. The average Bonchev–Trinajstić information content (AvgIpc) is 2.53. The van der Waals surface area contributed by atoms with Gasteiger partial charge in [0.25, 0.3) is 0 Å². The fourth-order valence-corrected chi connectivity index (χ4v) is 3.06. The van der Waals surface area contributed by atoms with Crippen LogP contribution >= 0.6 is 0 Å². The van der Waals surface area contributed by atoms with Crippen molar-refractivity contribution in [1.29, 1.82) is 0 Å². The number of benzene rings is 1. The Morgan fingerprint density at radius 1 is 0.964 bits per heavy atom. The molecule has 0 aliphatic rings. The van der Waals surface area contributed by atoms with Crippen molar-refractivity contribution in [2.75, 3.05) is 0 Å². The van der Waals surface area contributed by atoms with Crippen LogP contribution in [-0.2, 0) is 22.4 Å². The van der Waals surface area contributed by atoms with E-state index in [9.17, 15) is 18.0 Å². The second kappa shape index (κ2) is 10.3. The maximum Gasteiger partial charge on any atom is 0.391 e. The number of hydrogen-bond acceptors (Lipinski definition) is 3. The zero-order valence-electron chi connectivity index (χ0n) is 17.5. The van der Waals surface area contributed by atoms with Crippen molar-refractivity contribution in [3.63, 3.8) is 0 Å². The summed E-state index contributed by atoms with van der Waals surface area (Å²) in [5, 5.41) is 0. The van der Waals surface area contributed by atoms with Gasteiger partial charge in [0.15, 0.2) is 0 Å². The van der Waals surface area contributed by atoms with E-state index < -0.39 is 29.7 Å². The SMILES string of the molecule is CCCCCCCc1ccc(C[C@](N)(CC(F)(F)F)C(=O)OC(C)(C)C)cc1. The van der Waals surface area contributed by atoms with Crippen LogP contribution in [0.2, 0.25) is 0 Å². The minimum atomic E-state index is -4.57. The molecule has 6 heteroatoms. The molecule has 28 heavy (non-hydrogen) atoms. The van der Waals surface area contributed by atoms with Gasteiger partial charge in [-0.15, -0.1) is 0 Å². The Morgan fingerprint density at radius 3 is 2.00 bits per heavy atom. The molecule has 1 atom stereocenters. The van der Waals surface area contributed by atoms with E-state index in [0.717, 1.165) is 18.4 Å². The van der Waals surface area contributed by atoms with Crippen LogP contribution in [0, 0.1) is 0 Å². The number of esters is 1. The molecule has 0 unspecified atom stereocenters. The number of rotatable bonds is 10. The maximum absolute atomic E-state index is 13.1. The molecule has 0 heterocycles. The smallest absolute Gasteiger partial charge is 0.391 e. The molecule has 2 N–H and O–H groups in total. The van der Waals surface area contributed by atoms with Crippen LogP contribution in [0.5, 0.6) is 0 Å². The number of halogens is 3. The van der Waals surface area contributed by atoms with Gasteiger partial charge in [0, 0.05) is 6.42 Å². The topological polar surface area (TPSA) is 52.3 Å². The Morgan fingerprint density at radius 2 is 1.50 bits per heavy atom. The van der Waals surface area contributed by atoms with Gasteiger partial charge in [-0.3, -0.25) is 4.79 Å². The van der Waals surface area contributed by atoms with Crippen LogP contribution in [0.4, 0.5) is 13.2 Å². The summed E-state index contributed by atoms with van der Waals surface area (Å²) in [5.41, 5.74) is 4.61. The van der Waals surface area contributed by atoms with Gasteiger partial charge >= 0.3 is 12.1 Å². The molecule has 0 saturated carbocycles. The molecule has 0 bridgehead atoms. The molecule has 3 nitrogen and oxygen atoms in total. The Hall–Kier alpha value is -1.56. The van der Waals surface area contributed by atoms with Crippen LogP contribution in [0.15, 0.2) is 24.3 Å². The first kappa shape index (κ1) is 24.5. The molecule has 1 aromatic carbocycles. The molecule has 1 rings (SSSR count). The lowest BCUT2D eigenvalue weighted by Gasteiger charge is -2.32. The van der Waals surface area contributed by atoms with E-state index in [-0.39, 0.29) is 6.42 Å². The van der Waals surface area contributed by atoms with E-state index >= 15 is 0 Å². The molecule has 0 spiro atoms. The van der Waals surface area contributed by atoms with Crippen LogP contribution < -0.4 is 5.73 Å². The van der Waals surface area contributed by atoms with Gasteiger partial charge in [-0.1, -0.05) is 56.9 Å². The van der Waals surface area contributed by atoms with Crippen LogP contribution in [-0.4, -0.2) is 23.3 Å². The normalized spacial score (nSPS) is 14.6. The van der Waals surface area contributed by atoms with Gasteiger partial charge in [0.2, 0.25) is 0 Å². The van der Waals surface area contributed by atoms with Crippen LogP contribution in [0.25, 0.3) is 0 Å². The molecule has 0 radical (unpaired) electrons. The molecular weight excluding hydrogens is 367 g/mol. The van der Waals surface area contributed by atoms with Crippen molar-refractivity contribution in [3.05, 3.63) is 35.4 Å². The van der Waals surface area contributed by atoms with Crippen molar-refractivity contribution >= 4 is 5.97 Å². The Kier molecular flexibility index (Phi) is 8.99. The summed E-state index contributed by atoms with van der Waals surface area (Å²) in [5.74, 6) is -1.03. The van der Waals surface area contributed by atoms with Crippen molar-refractivity contribution in [2.45, 2.75) is 96.4 Å². The van der Waals surface area contributed by atoms with Crippen molar-refractivity contribution < 1.29 is 22.7 Å². The van der Waals surface area contributed by atoms with Crippen LogP contribution in [0.3, 0.4) is 0 Å². The highest BCUT2D eigenvalue weighted by molar-refractivity contribution is 5.81. The lowest BCUT2D eigenvalue weighted by Crippen LogP contribution is -2.55. The summed E-state index contributed by atoms with van der Waals surface area (Å²) in [6.07, 6.45) is 0.644. The highest BCUT2D eigenvalue weighted by Crippen LogP contribution is 2.30. The average molecular weight is 402 g/mol. The zero-order valence-corrected chi connectivity index (χ0v) is 17.5. The minimum absolute atomic E-state index is 0.224. The number of alkyl halides is 3. The molecule has 0 amide bonds. The zero-order chi connectivity index (χ0) is 21.4. The quantitative estimate of drug-likeness (QED) is 0.402.